The van der Waals surface area contributed by atoms with Gasteiger partial charge in [-0.2, -0.15) is 5.10 Å². The number of benzene rings is 1. The van der Waals surface area contributed by atoms with Crippen LogP contribution in [0.2, 0.25) is 0 Å². The lowest BCUT2D eigenvalue weighted by molar-refractivity contribution is -0.155. The highest BCUT2D eigenvalue weighted by Gasteiger charge is 2.50. The van der Waals surface area contributed by atoms with Crippen LogP contribution in [-0.2, 0) is 16.0 Å². The van der Waals surface area contributed by atoms with E-state index in [4.69, 9.17) is 0 Å². The molecule has 2 saturated carbocycles. The van der Waals surface area contributed by atoms with E-state index in [-0.39, 0.29) is 30.1 Å². The first-order valence-corrected chi connectivity index (χ1v) is 13.3. The standard InChI is InChI=1S/C27H39N5O2/c1-19-11-13-21(14-12-19)28-25(33)16-15-24-29-30-27-31(18-17-20-7-3-2-4-8-20)26(34)22-9-5-6-10-23(22)32(24)27/h2-4,7-8,19,21-23,27,30H,5-6,9-18H2,1H3,(H,28,33). The van der Waals surface area contributed by atoms with Gasteiger partial charge in [-0.05, 0) is 56.4 Å². The van der Waals surface area contributed by atoms with Gasteiger partial charge in [-0.1, -0.05) is 50.1 Å². The fourth-order valence-corrected chi connectivity index (χ4v) is 6.29. The molecule has 1 aromatic rings. The zero-order valence-corrected chi connectivity index (χ0v) is 20.4. The summed E-state index contributed by atoms with van der Waals surface area (Å²) >= 11 is 0. The zero-order chi connectivity index (χ0) is 23.5. The maximum absolute atomic E-state index is 13.5. The number of hydrogen-bond acceptors (Lipinski definition) is 5. The number of amidine groups is 1. The SMILES string of the molecule is CC1CCC(NC(=O)CCC2=NNC3N(CCc4ccccc4)C(=O)C4CCCCC4N23)CC1. The third kappa shape index (κ3) is 4.93. The number of hydrogen-bond donors (Lipinski definition) is 2. The topological polar surface area (TPSA) is 77.0 Å². The summed E-state index contributed by atoms with van der Waals surface area (Å²) in [6, 6.07) is 10.9. The Labute approximate surface area is 203 Å². The monoisotopic (exact) mass is 465 g/mol. The molecule has 2 aliphatic heterocycles. The maximum Gasteiger partial charge on any atom is 0.230 e. The molecular weight excluding hydrogens is 426 g/mol. The van der Waals surface area contributed by atoms with E-state index < -0.39 is 0 Å². The van der Waals surface area contributed by atoms with Crippen molar-refractivity contribution in [3.8, 4) is 0 Å². The molecule has 3 fully saturated rings. The minimum absolute atomic E-state index is 0.0314. The zero-order valence-electron chi connectivity index (χ0n) is 20.4. The number of nitrogens with one attached hydrogen (secondary N) is 2. The van der Waals surface area contributed by atoms with Crippen LogP contribution in [-0.4, -0.2) is 52.4 Å². The first-order chi connectivity index (χ1) is 16.6. The van der Waals surface area contributed by atoms with Gasteiger partial charge in [-0.15, -0.1) is 0 Å². The summed E-state index contributed by atoms with van der Waals surface area (Å²) in [5.74, 6) is 2.13. The number of hydrazone groups is 1. The van der Waals surface area contributed by atoms with E-state index >= 15 is 0 Å². The van der Waals surface area contributed by atoms with Crippen molar-refractivity contribution in [1.29, 1.82) is 0 Å². The van der Waals surface area contributed by atoms with E-state index in [0.717, 1.165) is 56.7 Å². The van der Waals surface area contributed by atoms with Gasteiger partial charge in [-0.25, -0.2) is 0 Å². The van der Waals surface area contributed by atoms with E-state index in [1.807, 2.05) is 23.1 Å². The van der Waals surface area contributed by atoms with Crippen molar-refractivity contribution in [2.45, 2.75) is 95.9 Å². The van der Waals surface area contributed by atoms with Gasteiger partial charge in [0, 0.05) is 31.5 Å². The largest absolute Gasteiger partial charge is 0.353 e. The molecule has 7 nitrogen and oxygen atoms in total. The third-order valence-corrected chi connectivity index (χ3v) is 8.29. The van der Waals surface area contributed by atoms with Crippen LogP contribution in [0.25, 0.3) is 0 Å². The van der Waals surface area contributed by atoms with Crippen LogP contribution in [0.1, 0.15) is 76.7 Å². The Kier molecular flexibility index (Phi) is 7.07. The number of nitrogens with zero attached hydrogens (tertiary/aromatic N) is 3. The lowest BCUT2D eigenvalue weighted by Crippen LogP contribution is -2.67. The van der Waals surface area contributed by atoms with Gasteiger partial charge in [-0.3, -0.25) is 15.0 Å². The molecule has 2 N–H and O–H groups in total. The van der Waals surface area contributed by atoms with Crippen molar-refractivity contribution in [3.05, 3.63) is 35.9 Å². The van der Waals surface area contributed by atoms with Crippen LogP contribution in [0.5, 0.6) is 0 Å². The second kappa shape index (κ2) is 10.4. The molecule has 2 amide bonds. The van der Waals surface area contributed by atoms with Gasteiger partial charge in [0.15, 0.2) is 6.29 Å². The Morgan fingerprint density at radius 3 is 2.62 bits per heavy atom. The molecule has 0 spiro atoms. The number of carbonyl (C=O) groups is 2. The molecule has 3 atom stereocenters. The van der Waals surface area contributed by atoms with Gasteiger partial charge < -0.3 is 15.1 Å². The summed E-state index contributed by atoms with van der Waals surface area (Å²) in [5, 5.41) is 7.91. The molecule has 2 heterocycles. The molecule has 0 aromatic heterocycles. The first kappa shape index (κ1) is 23.2. The quantitative estimate of drug-likeness (QED) is 0.645. The van der Waals surface area contributed by atoms with Crippen molar-refractivity contribution in [2.24, 2.45) is 16.9 Å². The van der Waals surface area contributed by atoms with Crippen LogP contribution in [0.15, 0.2) is 35.4 Å². The summed E-state index contributed by atoms with van der Waals surface area (Å²) in [5.41, 5.74) is 4.49. The average molecular weight is 466 g/mol. The summed E-state index contributed by atoms with van der Waals surface area (Å²) in [4.78, 5) is 30.5. The van der Waals surface area contributed by atoms with Gasteiger partial charge in [0.2, 0.25) is 11.8 Å². The number of rotatable bonds is 7. The normalized spacial score (nSPS) is 30.8. The lowest BCUT2D eigenvalue weighted by Gasteiger charge is -2.50. The first-order valence-electron chi connectivity index (χ1n) is 13.3. The summed E-state index contributed by atoms with van der Waals surface area (Å²) in [6.07, 6.45) is 10.5. The Bertz CT molecular complexity index is 896. The van der Waals surface area contributed by atoms with Gasteiger partial charge in [0.1, 0.15) is 5.84 Å². The van der Waals surface area contributed by atoms with E-state index in [0.29, 0.717) is 25.4 Å². The molecule has 5 rings (SSSR count). The summed E-state index contributed by atoms with van der Waals surface area (Å²) < 4.78 is 0. The molecule has 1 saturated heterocycles. The van der Waals surface area contributed by atoms with Crippen molar-refractivity contribution in [3.63, 3.8) is 0 Å². The molecule has 2 aliphatic carbocycles. The molecule has 7 heteroatoms. The predicted octanol–water partition coefficient (Wildman–Crippen LogP) is 3.61. The molecule has 3 unspecified atom stereocenters. The third-order valence-electron chi connectivity index (χ3n) is 8.29. The van der Waals surface area contributed by atoms with Crippen molar-refractivity contribution in [2.75, 3.05) is 6.54 Å². The van der Waals surface area contributed by atoms with Crippen molar-refractivity contribution >= 4 is 17.6 Å². The fourth-order valence-electron chi connectivity index (χ4n) is 6.29. The van der Waals surface area contributed by atoms with Gasteiger partial charge >= 0.3 is 0 Å². The van der Waals surface area contributed by atoms with E-state index in [1.165, 1.54) is 18.4 Å². The molecular formula is C27H39N5O2. The Hall–Kier alpha value is -2.57. The summed E-state index contributed by atoms with van der Waals surface area (Å²) in [6.45, 7) is 2.97. The number of carbonyl (C=O) groups excluding carboxylic acids is 2. The fraction of sp³-hybridized carbons (Fsp3) is 0.667. The molecule has 1 aromatic carbocycles. The van der Waals surface area contributed by atoms with E-state index in [1.54, 1.807) is 0 Å². The average Bonchev–Trinajstić information content (AvgIpc) is 3.29. The minimum atomic E-state index is -0.228. The molecule has 34 heavy (non-hydrogen) atoms. The van der Waals surface area contributed by atoms with Crippen LogP contribution in [0.4, 0.5) is 0 Å². The van der Waals surface area contributed by atoms with E-state index in [9.17, 15) is 9.59 Å². The molecule has 0 radical (unpaired) electrons. The van der Waals surface area contributed by atoms with Gasteiger partial charge in [0.05, 0.1) is 5.92 Å². The number of amides is 2. The molecule has 4 aliphatic rings. The van der Waals surface area contributed by atoms with Gasteiger partial charge in [0.25, 0.3) is 0 Å². The predicted molar refractivity (Wildman–Crippen MR) is 133 cm³/mol. The Balaban J connectivity index is 1.23. The maximum atomic E-state index is 13.5. The minimum Gasteiger partial charge on any atom is -0.353 e. The second-order valence-corrected chi connectivity index (χ2v) is 10.7. The Morgan fingerprint density at radius 2 is 1.82 bits per heavy atom. The second-order valence-electron chi connectivity index (χ2n) is 10.7. The van der Waals surface area contributed by atoms with Crippen LogP contribution in [0, 0.1) is 11.8 Å². The lowest BCUT2D eigenvalue weighted by atomic mass is 9.80. The number of fused-ring (bicyclic) bond motifs is 3. The highest BCUT2D eigenvalue weighted by molar-refractivity contribution is 5.91. The van der Waals surface area contributed by atoms with Crippen LogP contribution < -0.4 is 10.7 Å². The Morgan fingerprint density at radius 1 is 1.06 bits per heavy atom. The van der Waals surface area contributed by atoms with Crippen molar-refractivity contribution in [1.82, 2.24) is 20.5 Å². The molecule has 184 valence electrons. The molecule has 0 bridgehead atoms. The van der Waals surface area contributed by atoms with E-state index in [2.05, 4.69) is 39.8 Å². The van der Waals surface area contributed by atoms with Crippen LogP contribution >= 0.6 is 0 Å². The highest BCUT2D eigenvalue weighted by atomic mass is 16.2. The van der Waals surface area contributed by atoms with Crippen molar-refractivity contribution < 1.29 is 9.59 Å². The highest BCUT2D eigenvalue weighted by Crippen LogP contribution is 2.38. The smallest absolute Gasteiger partial charge is 0.230 e. The van der Waals surface area contributed by atoms with Crippen LogP contribution in [0.3, 0.4) is 0 Å². The summed E-state index contributed by atoms with van der Waals surface area (Å²) in [7, 11) is 0.